The molecule has 8 heteroatoms. The van der Waals surface area contributed by atoms with Crippen molar-refractivity contribution in [3.63, 3.8) is 0 Å². The van der Waals surface area contributed by atoms with Crippen molar-refractivity contribution in [1.29, 1.82) is 0 Å². The molecule has 0 amide bonds. The molecule has 0 unspecified atom stereocenters. The molecule has 2 aromatic rings. The molecule has 7 nitrogen and oxygen atoms in total. The Labute approximate surface area is 146 Å². The van der Waals surface area contributed by atoms with Gasteiger partial charge in [0.1, 0.15) is 11.5 Å². The third-order valence-corrected chi connectivity index (χ3v) is 4.93. The van der Waals surface area contributed by atoms with Gasteiger partial charge in [-0.05, 0) is 30.3 Å². The van der Waals surface area contributed by atoms with Gasteiger partial charge in [-0.15, -0.1) is 0 Å². The highest BCUT2D eigenvalue weighted by atomic mass is 32.2. The maximum atomic E-state index is 12.5. The van der Waals surface area contributed by atoms with Gasteiger partial charge in [0.05, 0.1) is 37.4 Å². The molecule has 25 heavy (non-hydrogen) atoms. The summed E-state index contributed by atoms with van der Waals surface area (Å²) in [6.07, 6.45) is 0. The molecule has 0 saturated carbocycles. The highest BCUT2D eigenvalue weighted by molar-refractivity contribution is 7.89. The smallest absolute Gasteiger partial charge is 0.337 e. The number of esters is 1. The molecule has 0 bridgehead atoms. The summed E-state index contributed by atoms with van der Waals surface area (Å²) in [5.41, 5.74) is 0.723. The second-order valence-electron chi connectivity index (χ2n) is 4.99. The predicted molar refractivity (Wildman–Crippen MR) is 91.4 cm³/mol. The molecular weight excluding hydrogens is 346 g/mol. The number of nitrogens with one attached hydrogen (secondary N) is 1. The number of methoxy groups -OCH3 is 3. The van der Waals surface area contributed by atoms with Gasteiger partial charge >= 0.3 is 5.97 Å². The van der Waals surface area contributed by atoms with Crippen LogP contribution in [-0.2, 0) is 21.3 Å². The predicted octanol–water partition coefficient (Wildman–Crippen LogP) is 1.97. The summed E-state index contributed by atoms with van der Waals surface area (Å²) in [6.45, 7) is -0.0298. The lowest BCUT2D eigenvalue weighted by molar-refractivity contribution is 0.0600. The highest BCUT2D eigenvalue weighted by Gasteiger charge is 2.18. The van der Waals surface area contributed by atoms with Crippen LogP contribution < -0.4 is 14.2 Å². The van der Waals surface area contributed by atoms with E-state index in [2.05, 4.69) is 9.46 Å². The van der Waals surface area contributed by atoms with Crippen LogP contribution in [0.2, 0.25) is 0 Å². The summed E-state index contributed by atoms with van der Waals surface area (Å²) in [5, 5.41) is 0. The van der Waals surface area contributed by atoms with E-state index in [1.54, 1.807) is 18.2 Å². The molecule has 0 radical (unpaired) electrons. The van der Waals surface area contributed by atoms with Crippen molar-refractivity contribution in [1.82, 2.24) is 4.72 Å². The van der Waals surface area contributed by atoms with E-state index in [4.69, 9.17) is 9.47 Å². The topological polar surface area (TPSA) is 90.9 Å². The maximum Gasteiger partial charge on any atom is 0.337 e. The van der Waals surface area contributed by atoms with Crippen molar-refractivity contribution in [2.24, 2.45) is 0 Å². The van der Waals surface area contributed by atoms with Crippen LogP contribution in [0.3, 0.4) is 0 Å². The van der Waals surface area contributed by atoms with Gasteiger partial charge in [-0.1, -0.05) is 12.1 Å². The zero-order valence-corrected chi connectivity index (χ0v) is 14.9. The summed E-state index contributed by atoms with van der Waals surface area (Å²) in [7, 11) is 0.376. The maximum absolute atomic E-state index is 12.5. The standard InChI is InChI=1S/C17H19NO6S/c1-22-15-8-5-9-16(23-2)14(15)11-18-25(20,21)13-7-4-6-12(10-13)17(19)24-3/h4-10,18H,11H2,1-3H3. The second kappa shape index (κ2) is 8.00. The van der Waals surface area contributed by atoms with Gasteiger partial charge in [0, 0.05) is 6.54 Å². The normalized spacial score (nSPS) is 11.0. The summed E-state index contributed by atoms with van der Waals surface area (Å²) < 4.78 is 42.6. The van der Waals surface area contributed by atoms with Gasteiger partial charge in [-0.3, -0.25) is 0 Å². The van der Waals surface area contributed by atoms with Crippen LogP contribution in [0, 0.1) is 0 Å². The van der Waals surface area contributed by atoms with E-state index in [9.17, 15) is 13.2 Å². The van der Waals surface area contributed by atoms with E-state index in [1.165, 1.54) is 45.6 Å². The first-order valence-electron chi connectivity index (χ1n) is 7.31. The fourth-order valence-electron chi connectivity index (χ4n) is 2.26. The number of hydrogen-bond acceptors (Lipinski definition) is 6. The first-order valence-corrected chi connectivity index (χ1v) is 8.79. The number of hydrogen-bond donors (Lipinski definition) is 1. The zero-order valence-electron chi connectivity index (χ0n) is 14.1. The molecule has 0 aliphatic carbocycles. The zero-order chi connectivity index (χ0) is 18.4. The SMILES string of the molecule is COC(=O)c1cccc(S(=O)(=O)NCc2c(OC)cccc2OC)c1. The Morgan fingerprint density at radius 3 is 2.16 bits per heavy atom. The van der Waals surface area contributed by atoms with E-state index in [-0.39, 0.29) is 17.0 Å². The number of rotatable bonds is 7. The van der Waals surface area contributed by atoms with Crippen molar-refractivity contribution < 1.29 is 27.4 Å². The largest absolute Gasteiger partial charge is 0.496 e. The number of benzene rings is 2. The lowest BCUT2D eigenvalue weighted by Gasteiger charge is -2.14. The Morgan fingerprint density at radius 2 is 1.60 bits per heavy atom. The molecule has 0 spiro atoms. The number of carbonyl (C=O) groups excluding carboxylic acids is 1. The molecule has 0 heterocycles. The molecule has 0 saturated heterocycles. The van der Waals surface area contributed by atoms with E-state index in [0.717, 1.165) is 0 Å². The van der Waals surface area contributed by atoms with Crippen molar-refractivity contribution >= 4 is 16.0 Å². The quantitative estimate of drug-likeness (QED) is 0.755. The van der Waals surface area contributed by atoms with Gasteiger partial charge in [0.25, 0.3) is 0 Å². The van der Waals surface area contributed by atoms with Crippen LogP contribution in [-0.4, -0.2) is 35.7 Å². The minimum absolute atomic E-state index is 0.0298. The number of ether oxygens (including phenoxy) is 3. The van der Waals surface area contributed by atoms with E-state index < -0.39 is 16.0 Å². The van der Waals surface area contributed by atoms with Gasteiger partial charge in [-0.2, -0.15) is 0 Å². The number of sulfonamides is 1. The summed E-state index contributed by atoms with van der Waals surface area (Å²) in [6, 6.07) is 10.8. The molecule has 0 fully saturated rings. The molecule has 0 aliphatic rings. The number of carbonyl (C=O) groups is 1. The Morgan fingerprint density at radius 1 is 1.00 bits per heavy atom. The Hall–Kier alpha value is -2.58. The lowest BCUT2D eigenvalue weighted by Crippen LogP contribution is -2.24. The fraction of sp³-hybridized carbons (Fsp3) is 0.235. The average molecular weight is 365 g/mol. The first-order chi connectivity index (χ1) is 11.9. The molecule has 2 rings (SSSR count). The lowest BCUT2D eigenvalue weighted by atomic mass is 10.2. The van der Waals surface area contributed by atoms with Crippen molar-refractivity contribution in [3.8, 4) is 11.5 Å². The minimum atomic E-state index is -3.84. The minimum Gasteiger partial charge on any atom is -0.496 e. The van der Waals surface area contributed by atoms with Crippen molar-refractivity contribution in [2.45, 2.75) is 11.4 Å². The van der Waals surface area contributed by atoms with Crippen LogP contribution in [0.15, 0.2) is 47.4 Å². The highest BCUT2D eigenvalue weighted by Crippen LogP contribution is 2.28. The third kappa shape index (κ3) is 4.28. The molecule has 134 valence electrons. The molecular formula is C17H19NO6S. The molecule has 1 N–H and O–H groups in total. The van der Waals surface area contributed by atoms with Crippen LogP contribution in [0.25, 0.3) is 0 Å². The van der Waals surface area contributed by atoms with Crippen LogP contribution in [0.5, 0.6) is 11.5 Å². The average Bonchev–Trinajstić information content (AvgIpc) is 2.65. The van der Waals surface area contributed by atoms with Gasteiger partial charge in [0.2, 0.25) is 10.0 Å². The summed E-state index contributed by atoms with van der Waals surface area (Å²) in [4.78, 5) is 11.5. The van der Waals surface area contributed by atoms with Crippen molar-refractivity contribution in [2.75, 3.05) is 21.3 Å². The Balaban J connectivity index is 2.28. The molecule has 0 aliphatic heterocycles. The molecule has 0 atom stereocenters. The second-order valence-corrected chi connectivity index (χ2v) is 6.75. The summed E-state index contributed by atoms with van der Waals surface area (Å²) in [5.74, 6) is 0.402. The molecule has 2 aromatic carbocycles. The van der Waals surface area contributed by atoms with Gasteiger partial charge in [-0.25, -0.2) is 17.9 Å². The monoisotopic (exact) mass is 365 g/mol. The van der Waals surface area contributed by atoms with Crippen molar-refractivity contribution in [3.05, 3.63) is 53.6 Å². The van der Waals surface area contributed by atoms with Crippen LogP contribution in [0.4, 0.5) is 0 Å². The van der Waals surface area contributed by atoms with Crippen LogP contribution in [0.1, 0.15) is 15.9 Å². The summed E-state index contributed by atoms with van der Waals surface area (Å²) >= 11 is 0. The van der Waals surface area contributed by atoms with Gasteiger partial charge in [0.15, 0.2) is 0 Å². The molecule has 0 aromatic heterocycles. The fourth-order valence-corrected chi connectivity index (χ4v) is 3.30. The Kier molecular flexibility index (Phi) is 6.00. The Bertz CT molecular complexity index is 841. The first kappa shape index (κ1) is 18.8. The van der Waals surface area contributed by atoms with E-state index in [0.29, 0.717) is 17.1 Å². The van der Waals surface area contributed by atoms with Gasteiger partial charge < -0.3 is 14.2 Å². The third-order valence-electron chi connectivity index (χ3n) is 3.53. The van der Waals surface area contributed by atoms with E-state index in [1.807, 2.05) is 0 Å². The van der Waals surface area contributed by atoms with E-state index >= 15 is 0 Å². The van der Waals surface area contributed by atoms with Crippen LogP contribution >= 0.6 is 0 Å².